The number of hydrogen-bond donors (Lipinski definition) is 0. The zero-order chi connectivity index (χ0) is 13.7. The lowest BCUT2D eigenvalue weighted by molar-refractivity contribution is -0.0527. The highest BCUT2D eigenvalue weighted by molar-refractivity contribution is 6.62. The van der Waals surface area contributed by atoms with Crippen molar-refractivity contribution in [1.29, 1.82) is 0 Å². The van der Waals surface area contributed by atoms with Crippen LogP contribution >= 0.6 is 0 Å². The molecule has 102 valence electrons. The first-order valence-corrected chi connectivity index (χ1v) is 6.96. The zero-order valence-electron chi connectivity index (χ0n) is 12.1. The van der Waals surface area contributed by atoms with Crippen LogP contribution in [0.5, 0.6) is 0 Å². The Bertz CT molecular complexity index is 447. The van der Waals surface area contributed by atoms with Crippen LogP contribution in [0.3, 0.4) is 0 Å². The van der Waals surface area contributed by atoms with Crippen LogP contribution in [0.4, 0.5) is 0 Å². The third-order valence-corrected chi connectivity index (χ3v) is 4.53. The predicted molar refractivity (Wildman–Crippen MR) is 75.5 cm³/mol. The SMILES string of the molecule is CC1(C)OB(c2ccc(C3CCO3)cc2)OC1(C)C. The molecule has 0 N–H and O–H groups in total. The van der Waals surface area contributed by atoms with Crippen LogP contribution in [0.1, 0.15) is 45.8 Å². The van der Waals surface area contributed by atoms with Crippen LogP contribution < -0.4 is 5.46 Å². The van der Waals surface area contributed by atoms with E-state index in [4.69, 9.17) is 14.0 Å². The summed E-state index contributed by atoms with van der Waals surface area (Å²) in [5.74, 6) is 0. The molecule has 0 saturated carbocycles. The van der Waals surface area contributed by atoms with Gasteiger partial charge in [0.05, 0.1) is 23.9 Å². The Morgan fingerprint density at radius 1 is 1.00 bits per heavy atom. The van der Waals surface area contributed by atoms with Gasteiger partial charge in [0.25, 0.3) is 0 Å². The van der Waals surface area contributed by atoms with Crippen molar-refractivity contribution in [2.24, 2.45) is 0 Å². The van der Waals surface area contributed by atoms with Gasteiger partial charge in [-0.3, -0.25) is 0 Å². The maximum atomic E-state index is 6.04. The van der Waals surface area contributed by atoms with Crippen molar-refractivity contribution in [1.82, 2.24) is 0 Å². The molecule has 2 aliphatic heterocycles. The smallest absolute Gasteiger partial charge is 0.399 e. The van der Waals surface area contributed by atoms with Gasteiger partial charge in [0.2, 0.25) is 0 Å². The van der Waals surface area contributed by atoms with Crippen molar-refractivity contribution >= 4 is 12.6 Å². The second-order valence-electron chi connectivity index (χ2n) is 6.40. The molecule has 1 unspecified atom stereocenters. The molecule has 0 bridgehead atoms. The molecule has 2 heterocycles. The number of rotatable bonds is 2. The molecular formula is C15H21BO3. The first-order chi connectivity index (χ1) is 8.89. The average molecular weight is 260 g/mol. The molecule has 0 amide bonds. The van der Waals surface area contributed by atoms with Gasteiger partial charge in [0.1, 0.15) is 0 Å². The molecule has 2 fully saturated rings. The fraction of sp³-hybridized carbons (Fsp3) is 0.600. The van der Waals surface area contributed by atoms with Crippen molar-refractivity contribution in [3.63, 3.8) is 0 Å². The maximum Gasteiger partial charge on any atom is 0.494 e. The first kappa shape index (κ1) is 13.2. The van der Waals surface area contributed by atoms with Gasteiger partial charge in [-0.1, -0.05) is 24.3 Å². The van der Waals surface area contributed by atoms with E-state index in [1.165, 1.54) is 5.56 Å². The molecule has 19 heavy (non-hydrogen) atoms. The van der Waals surface area contributed by atoms with E-state index in [0.29, 0.717) is 0 Å². The van der Waals surface area contributed by atoms with Crippen LogP contribution in [0, 0.1) is 0 Å². The topological polar surface area (TPSA) is 27.7 Å². The van der Waals surface area contributed by atoms with Gasteiger partial charge in [-0.2, -0.15) is 0 Å². The Kier molecular flexibility index (Phi) is 3.00. The summed E-state index contributed by atoms with van der Waals surface area (Å²) in [4.78, 5) is 0. The van der Waals surface area contributed by atoms with Crippen molar-refractivity contribution in [2.45, 2.75) is 51.4 Å². The molecule has 1 aromatic rings. The molecule has 3 rings (SSSR count). The third-order valence-electron chi connectivity index (χ3n) is 4.53. The Hall–Kier alpha value is -0.835. The normalized spacial score (nSPS) is 28.2. The van der Waals surface area contributed by atoms with E-state index in [9.17, 15) is 0 Å². The molecule has 4 heteroatoms. The van der Waals surface area contributed by atoms with Gasteiger partial charge in [-0.25, -0.2) is 0 Å². The molecule has 0 radical (unpaired) electrons. The van der Waals surface area contributed by atoms with Gasteiger partial charge in [-0.05, 0) is 38.7 Å². The lowest BCUT2D eigenvalue weighted by Crippen LogP contribution is -2.41. The van der Waals surface area contributed by atoms with Gasteiger partial charge < -0.3 is 14.0 Å². The van der Waals surface area contributed by atoms with Crippen LogP contribution in [0.25, 0.3) is 0 Å². The van der Waals surface area contributed by atoms with E-state index in [1.807, 2.05) is 0 Å². The van der Waals surface area contributed by atoms with Crippen LogP contribution in [0.2, 0.25) is 0 Å². The highest BCUT2D eigenvalue weighted by Gasteiger charge is 2.51. The number of ether oxygens (including phenoxy) is 1. The van der Waals surface area contributed by atoms with Crippen molar-refractivity contribution in [3.8, 4) is 0 Å². The minimum Gasteiger partial charge on any atom is -0.399 e. The largest absolute Gasteiger partial charge is 0.494 e. The number of benzene rings is 1. The Labute approximate surface area is 115 Å². The second-order valence-corrected chi connectivity index (χ2v) is 6.40. The molecule has 2 aliphatic rings. The van der Waals surface area contributed by atoms with Crippen molar-refractivity contribution in [3.05, 3.63) is 29.8 Å². The fourth-order valence-corrected chi connectivity index (χ4v) is 2.35. The van der Waals surface area contributed by atoms with Crippen molar-refractivity contribution in [2.75, 3.05) is 6.61 Å². The van der Waals surface area contributed by atoms with Crippen LogP contribution in [-0.4, -0.2) is 24.9 Å². The maximum absolute atomic E-state index is 6.04. The minimum absolute atomic E-state index is 0.277. The zero-order valence-corrected chi connectivity index (χ0v) is 12.1. The minimum atomic E-state index is -0.284. The van der Waals surface area contributed by atoms with E-state index in [1.54, 1.807) is 0 Å². The van der Waals surface area contributed by atoms with Gasteiger partial charge in [-0.15, -0.1) is 0 Å². The standard InChI is InChI=1S/C15H21BO3/c1-14(2)15(3,4)19-16(18-14)12-7-5-11(6-8-12)13-9-10-17-13/h5-8,13H,9-10H2,1-4H3. The summed E-state index contributed by atoms with van der Waals surface area (Å²) >= 11 is 0. The summed E-state index contributed by atoms with van der Waals surface area (Å²) in [6.45, 7) is 9.17. The average Bonchev–Trinajstić information content (AvgIpc) is 2.47. The number of hydrogen-bond acceptors (Lipinski definition) is 3. The summed E-state index contributed by atoms with van der Waals surface area (Å²) in [6.07, 6.45) is 1.41. The van der Waals surface area contributed by atoms with Gasteiger partial charge in [0, 0.05) is 6.42 Å². The van der Waals surface area contributed by atoms with Crippen LogP contribution in [0.15, 0.2) is 24.3 Å². The summed E-state index contributed by atoms with van der Waals surface area (Å²) in [5, 5.41) is 0. The molecule has 1 aromatic carbocycles. The molecule has 0 aliphatic carbocycles. The summed E-state index contributed by atoms with van der Waals surface area (Å²) in [5.41, 5.74) is 1.74. The molecule has 0 aromatic heterocycles. The quantitative estimate of drug-likeness (QED) is 0.764. The fourth-order valence-electron chi connectivity index (χ4n) is 2.35. The summed E-state index contributed by atoms with van der Waals surface area (Å²) in [6, 6.07) is 8.40. The lowest BCUT2D eigenvalue weighted by atomic mass is 9.78. The van der Waals surface area contributed by atoms with E-state index in [2.05, 4.69) is 52.0 Å². The molecule has 3 nitrogen and oxygen atoms in total. The third kappa shape index (κ3) is 2.22. The highest BCUT2D eigenvalue weighted by atomic mass is 16.7. The van der Waals surface area contributed by atoms with E-state index < -0.39 is 0 Å². The monoisotopic (exact) mass is 260 g/mol. The van der Waals surface area contributed by atoms with Crippen molar-refractivity contribution < 1.29 is 14.0 Å². The Balaban J connectivity index is 1.76. The Morgan fingerprint density at radius 3 is 1.95 bits per heavy atom. The predicted octanol–water partition coefficient (Wildman–Crippen LogP) is 2.45. The highest BCUT2D eigenvalue weighted by Crippen LogP contribution is 2.36. The van der Waals surface area contributed by atoms with E-state index in [-0.39, 0.29) is 24.4 Å². The first-order valence-electron chi connectivity index (χ1n) is 6.96. The van der Waals surface area contributed by atoms with E-state index in [0.717, 1.165) is 18.5 Å². The second kappa shape index (κ2) is 4.34. The molecule has 2 saturated heterocycles. The van der Waals surface area contributed by atoms with E-state index >= 15 is 0 Å². The Morgan fingerprint density at radius 2 is 1.53 bits per heavy atom. The molecule has 0 spiro atoms. The van der Waals surface area contributed by atoms with Crippen LogP contribution in [-0.2, 0) is 14.0 Å². The molecular weight excluding hydrogens is 239 g/mol. The van der Waals surface area contributed by atoms with Gasteiger partial charge >= 0.3 is 7.12 Å². The van der Waals surface area contributed by atoms with Gasteiger partial charge in [0.15, 0.2) is 0 Å². The summed E-state index contributed by atoms with van der Waals surface area (Å²) < 4.78 is 17.6. The lowest BCUT2D eigenvalue weighted by Gasteiger charge is -2.32. The summed E-state index contributed by atoms with van der Waals surface area (Å²) in [7, 11) is -0.277. The molecule has 1 atom stereocenters.